The molecular weight excluding hydrogens is 269 g/mol. The molecule has 94 valence electrons. The summed E-state index contributed by atoms with van der Waals surface area (Å²) in [4.78, 5) is 4.12. The topological polar surface area (TPSA) is 22.1 Å². The minimum Gasteiger partial charge on any atom is -0.487 e. The van der Waals surface area contributed by atoms with Gasteiger partial charge in [-0.15, -0.1) is 11.6 Å². The summed E-state index contributed by atoms with van der Waals surface area (Å²) in [7, 11) is 0. The summed E-state index contributed by atoms with van der Waals surface area (Å²) in [5.41, 5.74) is 3.01. The van der Waals surface area contributed by atoms with Gasteiger partial charge in [0, 0.05) is 23.5 Å². The van der Waals surface area contributed by atoms with E-state index in [0.29, 0.717) is 23.3 Å². The summed E-state index contributed by atoms with van der Waals surface area (Å²) < 4.78 is 5.74. The van der Waals surface area contributed by atoms with Crippen LogP contribution in [0.3, 0.4) is 0 Å². The molecule has 0 bridgehead atoms. The summed E-state index contributed by atoms with van der Waals surface area (Å²) in [6, 6.07) is 7.59. The maximum Gasteiger partial charge on any atom is 0.142 e. The Kier molecular flexibility index (Phi) is 4.45. The van der Waals surface area contributed by atoms with Crippen LogP contribution >= 0.6 is 23.2 Å². The average Bonchev–Trinajstić information content (AvgIpc) is 2.37. The number of aromatic nitrogens is 1. The van der Waals surface area contributed by atoms with Gasteiger partial charge in [-0.25, -0.2) is 0 Å². The van der Waals surface area contributed by atoms with E-state index in [1.807, 2.05) is 31.3 Å². The molecule has 2 aromatic rings. The third-order valence-corrected chi connectivity index (χ3v) is 3.09. The first-order valence-electron chi connectivity index (χ1n) is 5.57. The van der Waals surface area contributed by atoms with Gasteiger partial charge in [0.1, 0.15) is 12.4 Å². The Morgan fingerprint density at radius 1 is 1.28 bits per heavy atom. The lowest BCUT2D eigenvalue weighted by Gasteiger charge is -2.11. The molecule has 2 nitrogen and oxygen atoms in total. The molecule has 0 saturated carbocycles. The van der Waals surface area contributed by atoms with E-state index in [1.165, 1.54) is 0 Å². The molecule has 0 fully saturated rings. The molecule has 0 amide bonds. The summed E-state index contributed by atoms with van der Waals surface area (Å²) in [6.07, 6.45) is 3.59. The molecule has 0 spiro atoms. The Morgan fingerprint density at radius 2 is 2.11 bits per heavy atom. The van der Waals surface area contributed by atoms with Crippen molar-refractivity contribution in [2.75, 3.05) is 0 Å². The number of alkyl halides is 1. The minimum atomic E-state index is 0.377. The van der Waals surface area contributed by atoms with E-state index in [0.717, 1.165) is 16.7 Å². The van der Waals surface area contributed by atoms with Crippen LogP contribution < -0.4 is 4.74 Å². The van der Waals surface area contributed by atoms with Gasteiger partial charge >= 0.3 is 0 Å². The van der Waals surface area contributed by atoms with Crippen LogP contribution in [0.2, 0.25) is 5.02 Å². The van der Waals surface area contributed by atoms with Crippen molar-refractivity contribution in [2.24, 2.45) is 0 Å². The van der Waals surface area contributed by atoms with Crippen molar-refractivity contribution in [1.82, 2.24) is 4.98 Å². The second-order valence-corrected chi connectivity index (χ2v) is 4.70. The highest BCUT2D eigenvalue weighted by atomic mass is 35.5. The van der Waals surface area contributed by atoms with Crippen molar-refractivity contribution < 1.29 is 4.74 Å². The van der Waals surface area contributed by atoms with Crippen LogP contribution in [-0.2, 0) is 12.5 Å². The summed E-state index contributed by atoms with van der Waals surface area (Å²) in [5, 5.41) is 0.578. The second kappa shape index (κ2) is 6.07. The molecule has 1 aromatic carbocycles. The maximum atomic E-state index is 6.11. The number of aryl methyl sites for hydroxylation is 1. The Labute approximate surface area is 117 Å². The summed E-state index contributed by atoms with van der Waals surface area (Å²) in [6.45, 7) is 2.43. The molecule has 1 heterocycles. The van der Waals surface area contributed by atoms with Crippen molar-refractivity contribution in [3.05, 3.63) is 58.4 Å². The maximum absolute atomic E-state index is 6.11. The highest BCUT2D eigenvalue weighted by Crippen LogP contribution is 2.30. The number of pyridine rings is 1. The molecule has 0 aliphatic heterocycles. The van der Waals surface area contributed by atoms with Gasteiger partial charge in [-0.05, 0) is 24.6 Å². The van der Waals surface area contributed by atoms with Gasteiger partial charge in [-0.2, -0.15) is 0 Å². The molecular formula is C14H13Cl2NO. The van der Waals surface area contributed by atoms with Gasteiger partial charge in [-0.1, -0.05) is 23.7 Å². The van der Waals surface area contributed by atoms with Gasteiger partial charge < -0.3 is 4.74 Å². The molecule has 0 atom stereocenters. The van der Waals surface area contributed by atoms with Crippen LogP contribution in [0.4, 0.5) is 0 Å². The van der Waals surface area contributed by atoms with Gasteiger partial charge in [0.05, 0.1) is 10.9 Å². The molecule has 0 aliphatic carbocycles. The summed E-state index contributed by atoms with van der Waals surface area (Å²) in [5.74, 6) is 1.03. The number of halogens is 2. The highest BCUT2D eigenvalue weighted by Gasteiger charge is 2.07. The van der Waals surface area contributed by atoms with Crippen LogP contribution in [0.25, 0.3) is 0 Å². The smallest absolute Gasteiger partial charge is 0.142 e. The Hall–Kier alpha value is -1.25. The first kappa shape index (κ1) is 13.2. The van der Waals surface area contributed by atoms with Gasteiger partial charge in [0.2, 0.25) is 0 Å². The Morgan fingerprint density at radius 3 is 2.83 bits per heavy atom. The van der Waals surface area contributed by atoms with Crippen LogP contribution in [0, 0.1) is 6.92 Å². The van der Waals surface area contributed by atoms with Crippen molar-refractivity contribution in [3.63, 3.8) is 0 Å². The lowest BCUT2D eigenvalue weighted by atomic mass is 10.2. The fourth-order valence-corrected chi connectivity index (χ4v) is 2.13. The van der Waals surface area contributed by atoms with E-state index in [2.05, 4.69) is 4.98 Å². The molecule has 0 N–H and O–H groups in total. The van der Waals surface area contributed by atoms with Crippen LogP contribution in [0.1, 0.15) is 16.7 Å². The molecule has 0 aliphatic rings. The van der Waals surface area contributed by atoms with E-state index in [1.54, 1.807) is 12.3 Å². The van der Waals surface area contributed by atoms with Crippen molar-refractivity contribution in [2.45, 2.75) is 19.4 Å². The zero-order valence-corrected chi connectivity index (χ0v) is 11.5. The monoisotopic (exact) mass is 281 g/mol. The zero-order valence-electron chi connectivity index (χ0n) is 9.99. The van der Waals surface area contributed by atoms with Crippen molar-refractivity contribution in [1.29, 1.82) is 0 Å². The molecule has 0 saturated heterocycles. The van der Waals surface area contributed by atoms with E-state index < -0.39 is 0 Å². The number of nitrogens with zero attached hydrogens (tertiary/aromatic N) is 1. The van der Waals surface area contributed by atoms with E-state index >= 15 is 0 Å². The van der Waals surface area contributed by atoms with E-state index in [-0.39, 0.29) is 0 Å². The second-order valence-electron chi connectivity index (χ2n) is 4.02. The first-order valence-corrected chi connectivity index (χ1v) is 6.48. The zero-order chi connectivity index (χ0) is 13.0. The first-order chi connectivity index (χ1) is 8.70. The van der Waals surface area contributed by atoms with Gasteiger partial charge in [-0.3, -0.25) is 4.98 Å². The van der Waals surface area contributed by atoms with Crippen LogP contribution in [0.15, 0.2) is 36.7 Å². The standard InChI is InChI=1S/C14H13Cl2NO/c1-10-5-11(8-17-7-10)9-18-14-12(6-15)3-2-4-13(14)16/h2-5,7-8H,6,9H2,1H3. The van der Waals surface area contributed by atoms with Crippen LogP contribution in [0.5, 0.6) is 5.75 Å². The summed E-state index contributed by atoms with van der Waals surface area (Å²) >= 11 is 12.0. The lowest BCUT2D eigenvalue weighted by molar-refractivity contribution is 0.303. The predicted octanol–water partition coefficient (Wildman–Crippen LogP) is 4.36. The number of hydrogen-bond donors (Lipinski definition) is 0. The SMILES string of the molecule is Cc1cncc(COc2c(Cl)cccc2CCl)c1. The lowest BCUT2D eigenvalue weighted by Crippen LogP contribution is -1.99. The third kappa shape index (κ3) is 3.15. The molecule has 0 radical (unpaired) electrons. The number of hydrogen-bond acceptors (Lipinski definition) is 2. The fourth-order valence-electron chi connectivity index (χ4n) is 1.67. The predicted molar refractivity (Wildman–Crippen MR) is 74.3 cm³/mol. The fraction of sp³-hybridized carbons (Fsp3) is 0.214. The third-order valence-electron chi connectivity index (χ3n) is 2.51. The van der Waals surface area contributed by atoms with Gasteiger partial charge in [0.25, 0.3) is 0 Å². The molecule has 18 heavy (non-hydrogen) atoms. The molecule has 0 unspecified atom stereocenters. The molecule has 4 heteroatoms. The largest absolute Gasteiger partial charge is 0.487 e. The average molecular weight is 282 g/mol. The van der Waals surface area contributed by atoms with Gasteiger partial charge in [0.15, 0.2) is 0 Å². The van der Waals surface area contributed by atoms with E-state index in [9.17, 15) is 0 Å². The van der Waals surface area contributed by atoms with Crippen LogP contribution in [-0.4, -0.2) is 4.98 Å². The van der Waals surface area contributed by atoms with Crippen molar-refractivity contribution in [3.8, 4) is 5.75 Å². The number of benzene rings is 1. The number of rotatable bonds is 4. The molecule has 2 rings (SSSR count). The normalized spacial score (nSPS) is 10.4. The number of para-hydroxylation sites is 1. The molecule has 1 aromatic heterocycles. The quantitative estimate of drug-likeness (QED) is 0.777. The Bertz CT molecular complexity index is 543. The highest BCUT2D eigenvalue weighted by molar-refractivity contribution is 6.32. The number of ether oxygens (including phenoxy) is 1. The van der Waals surface area contributed by atoms with Crippen molar-refractivity contribution >= 4 is 23.2 Å². The van der Waals surface area contributed by atoms with E-state index in [4.69, 9.17) is 27.9 Å². The Balaban J connectivity index is 2.15. The minimum absolute atomic E-state index is 0.377.